The van der Waals surface area contributed by atoms with Gasteiger partial charge in [0.1, 0.15) is 0 Å². The molecular formula is C11H17BrN2O. The summed E-state index contributed by atoms with van der Waals surface area (Å²) in [5, 5.41) is 9.32. The van der Waals surface area contributed by atoms with E-state index in [2.05, 4.69) is 15.9 Å². The van der Waals surface area contributed by atoms with Crippen LogP contribution in [0.3, 0.4) is 0 Å². The molecule has 4 heteroatoms. The van der Waals surface area contributed by atoms with Gasteiger partial charge in [-0.05, 0) is 30.7 Å². The molecule has 0 aliphatic rings. The van der Waals surface area contributed by atoms with Crippen molar-refractivity contribution in [3.05, 3.63) is 28.2 Å². The first-order valence-corrected chi connectivity index (χ1v) is 5.71. The number of anilines is 1. The summed E-state index contributed by atoms with van der Waals surface area (Å²) in [6.45, 7) is 2.88. The van der Waals surface area contributed by atoms with Crippen molar-refractivity contribution in [1.29, 1.82) is 0 Å². The molecule has 0 aromatic heterocycles. The van der Waals surface area contributed by atoms with Gasteiger partial charge in [-0.1, -0.05) is 15.9 Å². The van der Waals surface area contributed by atoms with Crippen molar-refractivity contribution in [2.45, 2.75) is 19.6 Å². The van der Waals surface area contributed by atoms with Gasteiger partial charge in [-0.15, -0.1) is 0 Å². The van der Waals surface area contributed by atoms with Crippen molar-refractivity contribution in [3.63, 3.8) is 0 Å². The van der Waals surface area contributed by atoms with Crippen molar-refractivity contribution in [2.75, 3.05) is 18.5 Å². The Morgan fingerprint density at radius 2 is 2.20 bits per heavy atom. The van der Waals surface area contributed by atoms with E-state index in [1.807, 2.05) is 30.1 Å². The van der Waals surface area contributed by atoms with Crippen LogP contribution in [-0.2, 0) is 6.54 Å². The first kappa shape index (κ1) is 12.5. The van der Waals surface area contributed by atoms with Crippen LogP contribution in [0, 0.1) is 0 Å². The number of likely N-dealkylation sites (N-methyl/N-ethyl adjacent to an activating group) is 1. The van der Waals surface area contributed by atoms with Crippen molar-refractivity contribution >= 4 is 21.6 Å². The Labute approximate surface area is 99.0 Å². The summed E-state index contributed by atoms with van der Waals surface area (Å²) in [5.41, 5.74) is 7.83. The van der Waals surface area contributed by atoms with Crippen molar-refractivity contribution in [3.8, 4) is 0 Å². The zero-order valence-corrected chi connectivity index (χ0v) is 10.7. The molecule has 0 saturated carbocycles. The Hall–Kier alpha value is -0.580. The van der Waals surface area contributed by atoms with Crippen molar-refractivity contribution in [2.24, 2.45) is 5.73 Å². The van der Waals surface area contributed by atoms with Gasteiger partial charge in [-0.2, -0.15) is 0 Å². The summed E-state index contributed by atoms with van der Waals surface area (Å²) < 4.78 is 1.03. The molecule has 1 aromatic carbocycles. The zero-order chi connectivity index (χ0) is 11.4. The molecule has 0 spiro atoms. The van der Waals surface area contributed by atoms with E-state index in [0.717, 1.165) is 15.7 Å². The van der Waals surface area contributed by atoms with Crippen molar-refractivity contribution < 1.29 is 5.11 Å². The number of hydrogen-bond acceptors (Lipinski definition) is 3. The molecule has 1 aromatic rings. The average molecular weight is 273 g/mol. The summed E-state index contributed by atoms with van der Waals surface area (Å²) in [6, 6.07) is 6.00. The molecule has 3 N–H and O–H groups in total. The van der Waals surface area contributed by atoms with Gasteiger partial charge in [0, 0.05) is 30.3 Å². The minimum Gasteiger partial charge on any atom is -0.392 e. The second-order valence-electron chi connectivity index (χ2n) is 3.71. The molecule has 0 bridgehead atoms. The number of nitrogens with zero attached hydrogens (tertiary/aromatic N) is 1. The normalized spacial score (nSPS) is 12.6. The maximum atomic E-state index is 9.32. The van der Waals surface area contributed by atoms with Crippen LogP contribution in [0.4, 0.5) is 5.69 Å². The highest BCUT2D eigenvalue weighted by Crippen LogP contribution is 2.23. The maximum absolute atomic E-state index is 9.32. The van der Waals surface area contributed by atoms with E-state index in [9.17, 15) is 5.11 Å². The summed E-state index contributed by atoms with van der Waals surface area (Å²) >= 11 is 3.41. The van der Waals surface area contributed by atoms with Crippen LogP contribution in [0.15, 0.2) is 22.7 Å². The molecule has 0 saturated heterocycles. The number of benzene rings is 1. The third-order valence-corrected chi connectivity index (χ3v) is 2.70. The highest BCUT2D eigenvalue weighted by Gasteiger charge is 2.08. The topological polar surface area (TPSA) is 49.5 Å². The number of halogens is 1. The first-order chi connectivity index (χ1) is 7.04. The van der Waals surface area contributed by atoms with Gasteiger partial charge in [0.15, 0.2) is 0 Å². The smallest absolute Gasteiger partial charge is 0.0686 e. The average Bonchev–Trinajstić information content (AvgIpc) is 2.16. The predicted molar refractivity (Wildman–Crippen MR) is 67.0 cm³/mol. The fourth-order valence-corrected chi connectivity index (χ4v) is 1.99. The van der Waals surface area contributed by atoms with E-state index in [1.165, 1.54) is 0 Å². The predicted octanol–water partition coefficient (Wildman–Crippen LogP) is 1.72. The lowest BCUT2D eigenvalue weighted by atomic mass is 10.1. The second-order valence-corrected chi connectivity index (χ2v) is 4.62. The van der Waals surface area contributed by atoms with Gasteiger partial charge in [0.25, 0.3) is 0 Å². The molecule has 0 aliphatic carbocycles. The number of nitrogens with two attached hydrogens (primary N) is 1. The highest BCUT2D eigenvalue weighted by molar-refractivity contribution is 9.10. The van der Waals surface area contributed by atoms with Crippen LogP contribution < -0.4 is 10.6 Å². The van der Waals surface area contributed by atoms with Gasteiger partial charge < -0.3 is 15.7 Å². The Balaban J connectivity index is 2.92. The lowest BCUT2D eigenvalue weighted by Gasteiger charge is -2.23. The molecule has 1 atom stereocenters. The van der Waals surface area contributed by atoms with E-state index >= 15 is 0 Å². The molecule has 1 unspecified atom stereocenters. The van der Waals surface area contributed by atoms with Gasteiger partial charge in [-0.3, -0.25) is 0 Å². The lowest BCUT2D eigenvalue weighted by Crippen LogP contribution is -2.28. The van der Waals surface area contributed by atoms with Crippen LogP contribution in [0.25, 0.3) is 0 Å². The molecule has 3 nitrogen and oxygen atoms in total. The SMILES string of the molecule is CC(O)CN(C)c1ccc(Br)cc1CN. The van der Waals surface area contributed by atoms with E-state index in [4.69, 9.17) is 5.73 Å². The Kier molecular flexibility index (Phi) is 4.57. The Morgan fingerprint density at radius 3 is 2.73 bits per heavy atom. The maximum Gasteiger partial charge on any atom is 0.0686 e. The molecule has 84 valence electrons. The van der Waals surface area contributed by atoms with Crippen LogP contribution >= 0.6 is 15.9 Å². The van der Waals surface area contributed by atoms with Gasteiger partial charge in [-0.25, -0.2) is 0 Å². The summed E-state index contributed by atoms with van der Waals surface area (Å²) in [4.78, 5) is 2.01. The number of hydrogen-bond donors (Lipinski definition) is 2. The fourth-order valence-electron chi connectivity index (χ4n) is 1.58. The number of aliphatic hydroxyl groups excluding tert-OH is 1. The van der Waals surface area contributed by atoms with E-state index in [1.54, 1.807) is 6.92 Å². The number of aliphatic hydroxyl groups is 1. The lowest BCUT2D eigenvalue weighted by molar-refractivity contribution is 0.201. The summed E-state index contributed by atoms with van der Waals surface area (Å²) in [5.74, 6) is 0. The Bertz CT molecular complexity index is 328. The molecule has 0 fully saturated rings. The van der Waals surface area contributed by atoms with Gasteiger partial charge >= 0.3 is 0 Å². The van der Waals surface area contributed by atoms with Crippen LogP contribution in [0.1, 0.15) is 12.5 Å². The fraction of sp³-hybridized carbons (Fsp3) is 0.455. The quantitative estimate of drug-likeness (QED) is 0.878. The minimum atomic E-state index is -0.343. The third-order valence-electron chi connectivity index (χ3n) is 2.21. The summed E-state index contributed by atoms with van der Waals surface area (Å²) in [6.07, 6.45) is -0.343. The van der Waals surface area contributed by atoms with E-state index in [-0.39, 0.29) is 6.10 Å². The molecule has 15 heavy (non-hydrogen) atoms. The molecule has 1 rings (SSSR count). The Morgan fingerprint density at radius 1 is 1.53 bits per heavy atom. The van der Waals surface area contributed by atoms with E-state index in [0.29, 0.717) is 13.1 Å². The molecule has 0 heterocycles. The van der Waals surface area contributed by atoms with Gasteiger partial charge in [0.05, 0.1) is 6.10 Å². The second kappa shape index (κ2) is 5.49. The minimum absolute atomic E-state index is 0.343. The zero-order valence-electron chi connectivity index (χ0n) is 9.07. The summed E-state index contributed by atoms with van der Waals surface area (Å²) in [7, 11) is 1.95. The highest BCUT2D eigenvalue weighted by atomic mass is 79.9. The van der Waals surface area contributed by atoms with Crippen LogP contribution in [-0.4, -0.2) is 24.8 Å². The molecular weight excluding hydrogens is 256 g/mol. The van der Waals surface area contributed by atoms with Crippen molar-refractivity contribution in [1.82, 2.24) is 0 Å². The molecule has 0 amide bonds. The largest absolute Gasteiger partial charge is 0.392 e. The standard InChI is InChI=1S/C11H17BrN2O/c1-8(15)7-14(2)11-4-3-10(12)5-9(11)6-13/h3-5,8,15H,6-7,13H2,1-2H3. The van der Waals surface area contributed by atoms with Gasteiger partial charge in [0.2, 0.25) is 0 Å². The molecule has 0 radical (unpaired) electrons. The van der Waals surface area contributed by atoms with Crippen LogP contribution in [0.5, 0.6) is 0 Å². The molecule has 0 aliphatic heterocycles. The number of rotatable bonds is 4. The van der Waals surface area contributed by atoms with Crippen LogP contribution in [0.2, 0.25) is 0 Å². The van der Waals surface area contributed by atoms with E-state index < -0.39 is 0 Å². The first-order valence-electron chi connectivity index (χ1n) is 4.92. The third kappa shape index (κ3) is 3.48. The monoisotopic (exact) mass is 272 g/mol.